The molecule has 0 amide bonds. The highest BCUT2D eigenvalue weighted by atomic mass is 16.4. The van der Waals surface area contributed by atoms with Gasteiger partial charge >= 0.3 is 5.97 Å². The van der Waals surface area contributed by atoms with Gasteiger partial charge in [-0.2, -0.15) is 0 Å². The number of fused-ring (bicyclic) bond motifs is 3. The SMILES string of the molecule is O=C(O)c1cc2nc(N3CCC4(CC3)CC4)c3cccn3c2cn1. The van der Waals surface area contributed by atoms with Crippen LogP contribution in [0, 0.1) is 5.41 Å². The topological polar surface area (TPSA) is 70.7 Å². The second-order valence-corrected chi connectivity index (χ2v) is 7.05. The van der Waals surface area contributed by atoms with Crippen molar-refractivity contribution in [3.8, 4) is 0 Å². The van der Waals surface area contributed by atoms with E-state index in [4.69, 9.17) is 4.98 Å². The van der Waals surface area contributed by atoms with E-state index in [1.54, 1.807) is 12.3 Å². The van der Waals surface area contributed by atoms with Gasteiger partial charge in [0.05, 0.1) is 22.7 Å². The molecule has 1 saturated heterocycles. The fourth-order valence-electron chi connectivity index (χ4n) is 3.88. The van der Waals surface area contributed by atoms with Crippen LogP contribution in [0.3, 0.4) is 0 Å². The number of hydrogen-bond acceptors (Lipinski definition) is 4. The minimum absolute atomic E-state index is 0.0306. The van der Waals surface area contributed by atoms with Gasteiger partial charge in [-0.1, -0.05) is 0 Å². The van der Waals surface area contributed by atoms with Gasteiger partial charge in [0.1, 0.15) is 5.69 Å². The monoisotopic (exact) mass is 322 g/mol. The highest BCUT2D eigenvalue weighted by Crippen LogP contribution is 2.54. The molecule has 0 unspecified atom stereocenters. The Morgan fingerprint density at radius 3 is 2.67 bits per heavy atom. The number of nitrogens with zero attached hydrogens (tertiary/aromatic N) is 4. The Labute approximate surface area is 138 Å². The molecule has 122 valence electrons. The third-order valence-electron chi connectivity index (χ3n) is 5.63. The summed E-state index contributed by atoms with van der Waals surface area (Å²) in [6, 6.07) is 5.62. The zero-order valence-electron chi connectivity index (χ0n) is 13.3. The first-order chi connectivity index (χ1) is 11.7. The van der Waals surface area contributed by atoms with E-state index in [-0.39, 0.29) is 5.69 Å². The molecule has 2 aliphatic rings. The third kappa shape index (κ3) is 1.99. The Kier molecular flexibility index (Phi) is 2.69. The molecule has 1 spiro atoms. The van der Waals surface area contributed by atoms with Gasteiger partial charge < -0.3 is 14.4 Å². The van der Waals surface area contributed by atoms with Crippen molar-refractivity contribution >= 4 is 28.3 Å². The van der Waals surface area contributed by atoms with Crippen LogP contribution in [0.25, 0.3) is 16.6 Å². The van der Waals surface area contributed by atoms with E-state index >= 15 is 0 Å². The van der Waals surface area contributed by atoms with Crippen molar-refractivity contribution < 1.29 is 9.90 Å². The van der Waals surface area contributed by atoms with Gasteiger partial charge in [-0.05, 0) is 49.3 Å². The fraction of sp³-hybridized carbons (Fsp3) is 0.389. The number of aromatic carboxylic acids is 1. The van der Waals surface area contributed by atoms with Gasteiger partial charge in [0, 0.05) is 19.3 Å². The molecule has 3 aromatic rings. The van der Waals surface area contributed by atoms with Crippen LogP contribution in [0.2, 0.25) is 0 Å². The van der Waals surface area contributed by atoms with Crippen LogP contribution >= 0.6 is 0 Å². The maximum absolute atomic E-state index is 11.2. The van der Waals surface area contributed by atoms with Crippen LogP contribution in [0.1, 0.15) is 36.2 Å². The molecule has 0 radical (unpaired) electrons. The number of carbonyl (C=O) groups is 1. The van der Waals surface area contributed by atoms with Crippen molar-refractivity contribution in [2.75, 3.05) is 18.0 Å². The molecule has 1 aliphatic heterocycles. The molecule has 3 aromatic heterocycles. The van der Waals surface area contributed by atoms with Crippen LogP contribution < -0.4 is 4.90 Å². The molecule has 1 saturated carbocycles. The zero-order chi connectivity index (χ0) is 16.3. The lowest BCUT2D eigenvalue weighted by Gasteiger charge is -2.33. The predicted molar refractivity (Wildman–Crippen MR) is 90.6 cm³/mol. The third-order valence-corrected chi connectivity index (χ3v) is 5.63. The molecule has 1 N–H and O–H groups in total. The van der Waals surface area contributed by atoms with Crippen molar-refractivity contribution in [2.24, 2.45) is 5.41 Å². The van der Waals surface area contributed by atoms with Crippen LogP contribution in [-0.4, -0.2) is 38.5 Å². The maximum Gasteiger partial charge on any atom is 0.354 e. The van der Waals surface area contributed by atoms with E-state index in [2.05, 4.69) is 20.4 Å². The average molecular weight is 322 g/mol. The molecule has 0 aromatic carbocycles. The van der Waals surface area contributed by atoms with Gasteiger partial charge in [-0.25, -0.2) is 14.8 Å². The summed E-state index contributed by atoms with van der Waals surface area (Å²) in [6.45, 7) is 2.05. The Balaban J connectivity index is 1.65. The molecule has 4 heterocycles. The van der Waals surface area contributed by atoms with Crippen molar-refractivity contribution in [3.05, 3.63) is 36.3 Å². The number of carboxylic acid groups (broad SMARTS) is 1. The minimum Gasteiger partial charge on any atom is -0.477 e. The summed E-state index contributed by atoms with van der Waals surface area (Å²) < 4.78 is 2.05. The molecule has 6 nitrogen and oxygen atoms in total. The first-order valence-corrected chi connectivity index (χ1v) is 8.40. The Morgan fingerprint density at radius 2 is 1.96 bits per heavy atom. The number of rotatable bonds is 2. The largest absolute Gasteiger partial charge is 0.477 e. The minimum atomic E-state index is -1.03. The summed E-state index contributed by atoms with van der Waals surface area (Å²) in [5, 5.41) is 9.19. The number of hydrogen-bond donors (Lipinski definition) is 1. The zero-order valence-corrected chi connectivity index (χ0v) is 13.3. The second kappa shape index (κ2) is 4.69. The fourth-order valence-corrected chi connectivity index (χ4v) is 3.88. The molecule has 0 bridgehead atoms. The average Bonchev–Trinajstić information content (AvgIpc) is 3.16. The maximum atomic E-state index is 11.2. The molecule has 2 fully saturated rings. The van der Waals surface area contributed by atoms with Gasteiger partial charge in [0.2, 0.25) is 0 Å². The lowest BCUT2D eigenvalue weighted by atomic mass is 9.94. The Hall–Kier alpha value is -2.63. The number of anilines is 1. The predicted octanol–water partition coefficient (Wildman–Crippen LogP) is 2.96. The Bertz CT molecular complexity index is 964. The highest BCUT2D eigenvalue weighted by molar-refractivity contribution is 5.91. The molecule has 0 atom stereocenters. The van der Waals surface area contributed by atoms with Crippen LogP contribution in [0.15, 0.2) is 30.6 Å². The number of pyridine rings is 1. The van der Waals surface area contributed by atoms with Gasteiger partial charge in [0.25, 0.3) is 0 Å². The molecule has 1 aliphatic carbocycles. The first kappa shape index (κ1) is 13.8. The summed E-state index contributed by atoms with van der Waals surface area (Å²) in [5.41, 5.74) is 3.21. The lowest BCUT2D eigenvalue weighted by Crippen LogP contribution is -2.35. The summed E-state index contributed by atoms with van der Waals surface area (Å²) in [7, 11) is 0. The Morgan fingerprint density at radius 1 is 1.17 bits per heavy atom. The number of carboxylic acids is 1. The summed E-state index contributed by atoms with van der Waals surface area (Å²) in [5.74, 6) is -0.0768. The lowest BCUT2D eigenvalue weighted by molar-refractivity contribution is 0.0690. The molecule has 5 rings (SSSR count). The quantitative estimate of drug-likeness (QED) is 0.785. The summed E-state index contributed by atoms with van der Waals surface area (Å²) in [4.78, 5) is 22.4. The van der Waals surface area contributed by atoms with E-state index in [0.717, 1.165) is 29.9 Å². The van der Waals surface area contributed by atoms with E-state index < -0.39 is 5.97 Å². The van der Waals surface area contributed by atoms with Crippen molar-refractivity contribution in [3.63, 3.8) is 0 Å². The molecular formula is C18H18N4O2. The highest BCUT2D eigenvalue weighted by Gasteiger charge is 2.44. The smallest absolute Gasteiger partial charge is 0.354 e. The van der Waals surface area contributed by atoms with Crippen LogP contribution in [0.4, 0.5) is 5.82 Å². The molecule has 6 heteroatoms. The number of aromatic nitrogens is 3. The summed E-state index contributed by atoms with van der Waals surface area (Å²) in [6.07, 6.45) is 8.79. The molecule has 24 heavy (non-hydrogen) atoms. The van der Waals surface area contributed by atoms with Crippen LogP contribution in [0.5, 0.6) is 0 Å². The van der Waals surface area contributed by atoms with Gasteiger partial charge in [-0.3, -0.25) is 0 Å². The van der Waals surface area contributed by atoms with Crippen molar-refractivity contribution in [1.82, 2.24) is 14.4 Å². The van der Waals surface area contributed by atoms with Crippen molar-refractivity contribution in [2.45, 2.75) is 25.7 Å². The normalized spacial score (nSPS) is 19.2. The van der Waals surface area contributed by atoms with Crippen molar-refractivity contribution in [1.29, 1.82) is 0 Å². The second-order valence-electron chi connectivity index (χ2n) is 7.05. The standard InChI is InChI=1S/C18H18N4O2/c23-17(24)13-10-12-15(11-19-13)22-7-1-2-14(22)16(20-12)21-8-5-18(3-4-18)6-9-21/h1-2,7,10-11H,3-6,8-9H2,(H,23,24). The number of piperidine rings is 1. The molecular weight excluding hydrogens is 304 g/mol. The van der Waals surface area contributed by atoms with Crippen LogP contribution in [-0.2, 0) is 0 Å². The van der Waals surface area contributed by atoms with E-state index in [0.29, 0.717) is 10.9 Å². The van der Waals surface area contributed by atoms with E-state index in [1.165, 1.54) is 25.7 Å². The van der Waals surface area contributed by atoms with E-state index in [1.807, 2.05) is 12.3 Å². The van der Waals surface area contributed by atoms with Gasteiger partial charge in [0.15, 0.2) is 5.82 Å². The summed E-state index contributed by atoms with van der Waals surface area (Å²) >= 11 is 0. The van der Waals surface area contributed by atoms with Gasteiger partial charge in [-0.15, -0.1) is 0 Å². The first-order valence-electron chi connectivity index (χ1n) is 8.40. The van der Waals surface area contributed by atoms with E-state index in [9.17, 15) is 9.90 Å².